The van der Waals surface area contributed by atoms with Crippen LogP contribution in [0.3, 0.4) is 0 Å². The summed E-state index contributed by atoms with van der Waals surface area (Å²) in [5.41, 5.74) is 8.13. The zero-order valence-corrected chi connectivity index (χ0v) is 66.2. The van der Waals surface area contributed by atoms with E-state index in [2.05, 4.69) is 418 Å². The van der Waals surface area contributed by atoms with Gasteiger partial charge in [0.15, 0.2) is 0 Å². The molecule has 1 aliphatic rings. The number of nitrogens with zero attached hydrogens (tertiary/aromatic N) is 2. The third-order valence-corrected chi connectivity index (χ3v) is 27.3. The van der Waals surface area contributed by atoms with Gasteiger partial charge >= 0.3 is 7.12 Å². The molecule has 15 rings (SSSR count). The van der Waals surface area contributed by atoms with E-state index < -0.39 is 38.8 Å². The zero-order chi connectivity index (χ0) is 74.5. The Bertz CT molecular complexity index is 4100. The molecule has 0 saturated heterocycles. The molecule has 0 saturated carbocycles. The van der Waals surface area contributed by atoms with E-state index in [1.807, 2.05) is 6.20 Å². The van der Waals surface area contributed by atoms with Gasteiger partial charge in [0.05, 0.1) is 11.4 Å². The molecule has 0 fully saturated rings. The van der Waals surface area contributed by atoms with E-state index in [0.29, 0.717) is 18.7 Å². The van der Waals surface area contributed by atoms with Crippen molar-refractivity contribution in [2.75, 3.05) is 0 Å². The van der Waals surface area contributed by atoms with Gasteiger partial charge in [-0.3, -0.25) is 9.97 Å². The van der Waals surface area contributed by atoms with E-state index in [0.717, 1.165) is 23.4 Å². The minimum Gasteiger partial charge on any atom is -0.543 e. The largest absolute Gasteiger partial charge is 0.543 e. The quantitative estimate of drug-likeness (QED) is 0.0584. The summed E-state index contributed by atoms with van der Waals surface area (Å²) in [4.78, 5) is 8.46. The van der Waals surface area contributed by atoms with Crippen LogP contribution in [0.4, 0.5) is 0 Å². The van der Waals surface area contributed by atoms with Crippen molar-refractivity contribution in [3.63, 3.8) is 0 Å². The van der Waals surface area contributed by atoms with Gasteiger partial charge in [-0.15, -0.1) is 0 Å². The molecule has 6 nitrogen and oxygen atoms in total. The van der Waals surface area contributed by atoms with Crippen LogP contribution in [0.2, 0.25) is 0 Å². The average molecular weight is 1500 g/mol. The van der Waals surface area contributed by atoms with Crippen LogP contribution < -0.4 is 69.1 Å². The van der Waals surface area contributed by atoms with Crippen LogP contribution >= 0.6 is 31.7 Å². The van der Waals surface area contributed by atoms with E-state index in [4.69, 9.17) is 18.9 Å². The Morgan fingerprint density at radius 1 is 0.327 bits per heavy atom. The maximum atomic E-state index is 8.95. The fourth-order valence-corrected chi connectivity index (χ4v) is 21.5. The summed E-state index contributed by atoms with van der Waals surface area (Å²) in [5, 5.41) is 34.7. The SMILES string of the molecule is C=[Si]OCc1cc(C)c(B(O)O)cn1.C=[Si]OCc1cc(C)c(C2=CCC(C)=C2)cn1.c1ccc(P(c2ccccc2)c2ccccc2)cc1.c1ccc(P(c2ccccc2)c2ccccc2)cc1.c1ccc(P(c2ccccc2)c2ccccc2)cc1.c1ccc(P(c2ccccc2)c2ccccc2)cc1. The minimum absolute atomic E-state index is 0.184. The second kappa shape index (κ2) is 44.1. The summed E-state index contributed by atoms with van der Waals surface area (Å²) in [6, 6.07) is 133. The summed E-state index contributed by atoms with van der Waals surface area (Å²) in [6.07, 6.45) is 16.2. The van der Waals surface area contributed by atoms with Gasteiger partial charge in [-0.2, -0.15) is 0 Å². The van der Waals surface area contributed by atoms with Crippen molar-refractivity contribution in [3.8, 4) is 0 Å². The van der Waals surface area contributed by atoms with Gasteiger partial charge in [0.25, 0.3) is 18.8 Å². The number of hydrogen-bond donors (Lipinski definition) is 2. The van der Waals surface area contributed by atoms with Crippen LogP contribution in [-0.4, -0.2) is 58.2 Å². The first-order chi connectivity index (χ1) is 52.6. The molecule has 13 heteroatoms. The highest BCUT2D eigenvalue weighted by Crippen LogP contribution is 2.36. The number of hydrogen-bond acceptors (Lipinski definition) is 6. The second-order valence-electron chi connectivity index (χ2n) is 24.5. The molecule has 14 aromatic rings. The van der Waals surface area contributed by atoms with Gasteiger partial charge in [-0.25, -0.2) is 0 Å². The van der Waals surface area contributed by atoms with Crippen LogP contribution in [0.25, 0.3) is 5.57 Å². The van der Waals surface area contributed by atoms with Crippen molar-refractivity contribution in [1.29, 1.82) is 0 Å². The van der Waals surface area contributed by atoms with Crippen molar-refractivity contribution >= 4 is 145 Å². The Hall–Kier alpha value is -10.1. The summed E-state index contributed by atoms with van der Waals surface area (Å²) in [7, 11) is -2.80. The Morgan fingerprint density at radius 2 is 0.542 bits per heavy atom. The molecular weight excluding hydrogens is 1410 g/mol. The Balaban J connectivity index is 0.000000138. The average Bonchev–Trinajstić information content (AvgIpc) is 1.87. The topological polar surface area (TPSA) is 84.7 Å². The highest BCUT2D eigenvalue weighted by atomic mass is 31.1. The number of rotatable bonds is 20. The fraction of sp³-hybridized carbons (Fsp3) is 0.0638. The molecule has 0 amide bonds. The molecule has 528 valence electrons. The maximum absolute atomic E-state index is 8.95. The third-order valence-electron chi connectivity index (χ3n) is 16.8. The molecule has 0 bridgehead atoms. The normalized spacial score (nSPS) is 11.0. The summed E-state index contributed by atoms with van der Waals surface area (Å²) >= 11 is 0. The molecule has 12 aromatic carbocycles. The van der Waals surface area contributed by atoms with Gasteiger partial charge in [0, 0.05) is 23.4 Å². The molecule has 2 N–H and O–H groups in total. The van der Waals surface area contributed by atoms with Crippen molar-refractivity contribution in [3.05, 3.63) is 434 Å². The lowest BCUT2D eigenvalue weighted by Crippen LogP contribution is -2.32. The van der Waals surface area contributed by atoms with E-state index in [-0.39, 0.29) is 18.8 Å². The predicted octanol–water partition coefficient (Wildman–Crippen LogP) is 15.1. The lowest BCUT2D eigenvalue weighted by atomic mass is 9.78. The molecule has 1 aliphatic carbocycles. The number of aromatic nitrogens is 2. The molecule has 2 radical (unpaired) electrons. The van der Waals surface area contributed by atoms with Gasteiger partial charge in [-0.1, -0.05) is 394 Å². The number of benzene rings is 12. The molecular formula is C94H87BN2O4P4Si2. The standard InChI is InChI=1S/4C18H15P.C14H16NOSi.C8H11BNO3Si/c4*1-4-10-16(11-5-1)19(17-12-6-2-7-13-17)18-14-8-3-9-15-18;1-10-4-5-12(6-10)14-8-15-13(7-11(14)2)9-16-17-3;1-6-3-7(5-13-14-2)10-4-8(6)9(11)12/h4*1-15H;5-8H,3-4,9H2,1-2H3;3-4,11-12H,2,5H2,1H3. The number of allylic oxidation sites excluding steroid dienone is 4. The fourth-order valence-electron chi connectivity index (χ4n) is 11.8. The molecule has 2 aromatic heterocycles. The summed E-state index contributed by atoms with van der Waals surface area (Å²) in [5.74, 6) is 0. The van der Waals surface area contributed by atoms with Gasteiger partial charge in [0.2, 0.25) is 0 Å². The van der Waals surface area contributed by atoms with E-state index in [9.17, 15) is 0 Å². The maximum Gasteiger partial charge on any atom is 0.490 e. The smallest absolute Gasteiger partial charge is 0.490 e. The molecule has 0 atom stereocenters. The molecule has 2 heterocycles. The van der Waals surface area contributed by atoms with Crippen LogP contribution in [-0.2, 0) is 22.1 Å². The first kappa shape index (κ1) is 79.5. The first-order valence-corrected chi connectivity index (χ1v) is 43.0. The molecule has 0 aliphatic heterocycles. The van der Waals surface area contributed by atoms with Crippen molar-refractivity contribution < 1.29 is 18.9 Å². The number of pyridine rings is 2. The van der Waals surface area contributed by atoms with E-state index >= 15 is 0 Å². The lowest BCUT2D eigenvalue weighted by molar-refractivity contribution is 0.330. The first-order valence-electron chi connectivity index (χ1n) is 35.4. The summed E-state index contributed by atoms with van der Waals surface area (Å²) in [6.45, 7) is 7.03. The number of aryl methyl sites for hydroxylation is 2. The van der Waals surface area contributed by atoms with Gasteiger partial charge in [0.1, 0.15) is 13.2 Å². The molecule has 0 unspecified atom stereocenters. The van der Waals surface area contributed by atoms with Crippen LogP contribution in [0, 0.1) is 13.8 Å². The van der Waals surface area contributed by atoms with E-state index in [1.165, 1.54) is 92.1 Å². The summed E-state index contributed by atoms with van der Waals surface area (Å²) < 4.78 is 10.4. The third kappa shape index (κ3) is 24.7. The van der Waals surface area contributed by atoms with Gasteiger partial charge in [-0.05, 0) is 151 Å². The minimum atomic E-state index is -1.47. The highest BCUT2D eigenvalue weighted by Gasteiger charge is 2.20. The second-order valence-corrected chi connectivity index (χ2v) is 34.5. The van der Waals surface area contributed by atoms with Crippen molar-refractivity contribution in [2.24, 2.45) is 0 Å². The molecule has 107 heavy (non-hydrogen) atoms. The van der Waals surface area contributed by atoms with Crippen LogP contribution in [0.1, 0.15) is 41.4 Å². The Morgan fingerprint density at radius 3 is 0.720 bits per heavy atom. The van der Waals surface area contributed by atoms with Crippen molar-refractivity contribution in [2.45, 2.75) is 40.4 Å². The monoisotopic (exact) mass is 1500 g/mol. The Labute approximate surface area is 643 Å². The lowest BCUT2D eigenvalue weighted by Gasteiger charge is -2.18. The van der Waals surface area contributed by atoms with E-state index in [1.54, 1.807) is 13.0 Å². The molecule has 0 spiro atoms. The zero-order valence-electron chi connectivity index (χ0n) is 60.6. The predicted molar refractivity (Wildman–Crippen MR) is 470 cm³/mol. The Kier molecular flexibility index (Phi) is 32.8. The highest BCUT2D eigenvalue weighted by molar-refractivity contribution is 7.81. The van der Waals surface area contributed by atoms with Crippen LogP contribution in [0.5, 0.6) is 0 Å². The van der Waals surface area contributed by atoms with Crippen molar-refractivity contribution in [1.82, 2.24) is 9.97 Å². The van der Waals surface area contributed by atoms with Crippen LogP contribution in [0.15, 0.2) is 406 Å². The van der Waals surface area contributed by atoms with Gasteiger partial charge < -0.3 is 18.9 Å².